The molecule has 0 radical (unpaired) electrons. The van der Waals surface area contributed by atoms with Crippen LogP contribution in [0.15, 0.2) is 53.4 Å². The van der Waals surface area contributed by atoms with Gasteiger partial charge in [0.1, 0.15) is 5.82 Å². The summed E-state index contributed by atoms with van der Waals surface area (Å²) in [5.74, 6) is 0.767. The number of para-hydroxylation sites is 1. The summed E-state index contributed by atoms with van der Waals surface area (Å²) in [7, 11) is 0. The lowest BCUT2D eigenvalue weighted by atomic mass is 9.74. The third-order valence-electron chi connectivity index (χ3n) is 4.20. The molecule has 3 nitrogen and oxygen atoms in total. The topological polar surface area (TPSA) is 34.9 Å². The fourth-order valence-corrected chi connectivity index (χ4v) is 2.98. The number of aromatic nitrogens is 2. The van der Waals surface area contributed by atoms with Crippen molar-refractivity contribution in [2.24, 2.45) is 5.41 Å². The van der Waals surface area contributed by atoms with Gasteiger partial charge in [-0.05, 0) is 18.6 Å². The van der Waals surface area contributed by atoms with Crippen LogP contribution in [0.3, 0.4) is 0 Å². The second-order valence-electron chi connectivity index (χ2n) is 5.57. The van der Waals surface area contributed by atoms with E-state index in [4.69, 9.17) is 4.98 Å². The number of nitrogens with zero attached hydrogens (tertiary/aromatic N) is 2. The Bertz CT molecular complexity index is 870. The van der Waals surface area contributed by atoms with Crippen LogP contribution in [0.25, 0.3) is 22.7 Å². The molecular weight excluding hydrogens is 248 g/mol. The third-order valence-corrected chi connectivity index (χ3v) is 4.20. The van der Waals surface area contributed by atoms with Gasteiger partial charge in [-0.3, -0.25) is 9.36 Å². The number of hydrogen-bond acceptors (Lipinski definition) is 2. The lowest BCUT2D eigenvalue weighted by Gasteiger charge is -2.34. The minimum absolute atomic E-state index is 0.000599. The van der Waals surface area contributed by atoms with Crippen LogP contribution in [0.5, 0.6) is 0 Å². The van der Waals surface area contributed by atoms with Gasteiger partial charge < -0.3 is 0 Å². The van der Waals surface area contributed by atoms with Crippen LogP contribution in [-0.2, 0) is 0 Å². The van der Waals surface area contributed by atoms with Crippen LogP contribution in [0.2, 0.25) is 0 Å². The fraction of sp³-hybridized carbons (Fsp3) is 0.176. The van der Waals surface area contributed by atoms with Gasteiger partial charge >= 0.3 is 0 Å². The Morgan fingerprint density at radius 2 is 2.15 bits per heavy atom. The molecule has 1 aliphatic heterocycles. The molecule has 0 N–H and O–H groups in total. The molecule has 2 aliphatic rings. The van der Waals surface area contributed by atoms with Crippen LogP contribution < -0.4 is 5.56 Å². The van der Waals surface area contributed by atoms with Gasteiger partial charge in [-0.25, -0.2) is 4.98 Å². The minimum Gasteiger partial charge on any atom is -0.268 e. The Morgan fingerprint density at radius 1 is 1.30 bits per heavy atom. The zero-order valence-corrected chi connectivity index (χ0v) is 11.2. The summed E-state index contributed by atoms with van der Waals surface area (Å²) in [6.07, 6.45) is 11.2. The average Bonchev–Trinajstić information content (AvgIpc) is 2.47. The highest BCUT2D eigenvalue weighted by Crippen LogP contribution is 2.43. The van der Waals surface area contributed by atoms with Crippen LogP contribution in [0.1, 0.15) is 19.2 Å². The first-order valence-corrected chi connectivity index (χ1v) is 6.77. The maximum Gasteiger partial charge on any atom is 0.265 e. The highest BCUT2D eigenvalue weighted by Gasteiger charge is 2.33. The molecule has 1 aromatic heterocycles. The Morgan fingerprint density at radius 3 is 3.05 bits per heavy atom. The van der Waals surface area contributed by atoms with E-state index < -0.39 is 0 Å². The zero-order valence-electron chi connectivity index (χ0n) is 11.2. The van der Waals surface area contributed by atoms with Crippen LogP contribution in [-0.4, -0.2) is 9.55 Å². The molecule has 0 bridgehead atoms. The Kier molecular flexibility index (Phi) is 2.16. The average molecular weight is 262 g/mol. The maximum absolute atomic E-state index is 12.6. The molecule has 4 rings (SSSR count). The van der Waals surface area contributed by atoms with Gasteiger partial charge in [-0.1, -0.05) is 43.4 Å². The quantitative estimate of drug-likeness (QED) is 0.730. The molecule has 1 atom stereocenters. The van der Waals surface area contributed by atoms with Crippen LogP contribution in [0, 0.1) is 5.41 Å². The zero-order chi connectivity index (χ0) is 13.7. The molecule has 3 heteroatoms. The van der Waals surface area contributed by atoms with Gasteiger partial charge in [0.15, 0.2) is 0 Å². The smallest absolute Gasteiger partial charge is 0.265 e. The first kappa shape index (κ1) is 11.4. The van der Waals surface area contributed by atoms with Gasteiger partial charge in [0.2, 0.25) is 0 Å². The van der Waals surface area contributed by atoms with Gasteiger partial charge in [-0.2, -0.15) is 0 Å². The van der Waals surface area contributed by atoms with Crippen molar-refractivity contribution in [3.8, 4) is 0 Å². The highest BCUT2D eigenvalue weighted by atomic mass is 16.1. The first-order chi connectivity index (χ1) is 9.69. The van der Waals surface area contributed by atoms with Crippen molar-refractivity contribution in [1.82, 2.24) is 9.55 Å². The SMILES string of the molecule is CC12C=Cn3c(nc4ccccc4c3=O)C1=CC=CC2. The Hall–Kier alpha value is -2.42. The molecule has 0 amide bonds. The number of fused-ring (bicyclic) bond motifs is 4. The Balaban J connectivity index is 2.13. The van der Waals surface area contributed by atoms with Crippen molar-refractivity contribution < 1.29 is 0 Å². The summed E-state index contributed by atoms with van der Waals surface area (Å²) in [6.45, 7) is 2.18. The van der Waals surface area contributed by atoms with E-state index in [0.717, 1.165) is 23.3 Å². The number of rotatable bonds is 0. The van der Waals surface area contributed by atoms with Gasteiger partial charge in [0.25, 0.3) is 5.56 Å². The predicted molar refractivity (Wildman–Crippen MR) is 81.2 cm³/mol. The largest absolute Gasteiger partial charge is 0.268 e. The summed E-state index contributed by atoms with van der Waals surface area (Å²) >= 11 is 0. The van der Waals surface area contributed by atoms with Crippen molar-refractivity contribution in [2.75, 3.05) is 0 Å². The standard InChI is InChI=1S/C17H14N2O/c1-17-9-5-4-7-13(17)15-18-14-8-3-2-6-12(14)16(20)19(15)11-10-17/h2-8,10-11H,9H2,1H3. The normalized spacial score (nSPS) is 23.4. The van der Waals surface area contributed by atoms with Crippen molar-refractivity contribution >= 4 is 22.7 Å². The predicted octanol–water partition coefficient (Wildman–Crippen LogP) is 3.23. The van der Waals surface area contributed by atoms with Gasteiger partial charge in [-0.15, -0.1) is 0 Å². The van der Waals surface area contributed by atoms with E-state index in [9.17, 15) is 4.79 Å². The van der Waals surface area contributed by atoms with E-state index in [2.05, 4.69) is 25.2 Å². The summed E-state index contributed by atoms with van der Waals surface area (Å²) in [4.78, 5) is 17.3. The molecule has 0 fully saturated rings. The fourth-order valence-electron chi connectivity index (χ4n) is 2.98. The lowest BCUT2D eigenvalue weighted by molar-refractivity contribution is 0.563. The molecular formula is C17H14N2O. The summed E-state index contributed by atoms with van der Waals surface area (Å²) < 4.78 is 1.66. The van der Waals surface area contributed by atoms with E-state index in [-0.39, 0.29) is 11.0 Å². The molecule has 2 heterocycles. The number of hydrogen-bond donors (Lipinski definition) is 0. The van der Waals surface area contributed by atoms with Gasteiger partial charge in [0, 0.05) is 17.2 Å². The van der Waals surface area contributed by atoms with E-state index in [1.165, 1.54) is 0 Å². The van der Waals surface area contributed by atoms with Crippen molar-refractivity contribution in [1.29, 1.82) is 0 Å². The summed E-state index contributed by atoms with van der Waals surface area (Å²) in [5.41, 5.74) is 1.82. The van der Waals surface area contributed by atoms with Gasteiger partial charge in [0.05, 0.1) is 10.9 Å². The van der Waals surface area contributed by atoms with Crippen LogP contribution in [0.4, 0.5) is 0 Å². The molecule has 2 aromatic rings. The van der Waals surface area contributed by atoms with E-state index in [0.29, 0.717) is 5.39 Å². The molecule has 98 valence electrons. The molecule has 0 saturated heterocycles. The Labute approximate surface area is 116 Å². The summed E-state index contributed by atoms with van der Waals surface area (Å²) in [6, 6.07) is 7.51. The van der Waals surface area contributed by atoms with Crippen molar-refractivity contribution in [3.63, 3.8) is 0 Å². The monoisotopic (exact) mass is 262 g/mol. The van der Waals surface area contributed by atoms with E-state index >= 15 is 0 Å². The lowest BCUT2D eigenvalue weighted by Crippen LogP contribution is -2.30. The third kappa shape index (κ3) is 1.40. The van der Waals surface area contributed by atoms with Crippen molar-refractivity contribution in [3.05, 3.63) is 64.7 Å². The molecule has 20 heavy (non-hydrogen) atoms. The van der Waals surface area contributed by atoms with E-state index in [1.54, 1.807) is 4.57 Å². The minimum atomic E-state index is -0.0589. The van der Waals surface area contributed by atoms with E-state index in [1.807, 2.05) is 36.5 Å². The molecule has 0 spiro atoms. The molecule has 1 aliphatic carbocycles. The first-order valence-electron chi connectivity index (χ1n) is 6.77. The second-order valence-corrected chi connectivity index (χ2v) is 5.57. The maximum atomic E-state index is 12.6. The summed E-state index contributed by atoms with van der Waals surface area (Å²) in [5, 5.41) is 0.663. The molecule has 1 aromatic carbocycles. The number of allylic oxidation sites excluding steroid dienone is 5. The van der Waals surface area contributed by atoms with Crippen LogP contribution >= 0.6 is 0 Å². The highest BCUT2D eigenvalue weighted by molar-refractivity contribution is 5.83. The number of benzene rings is 1. The molecule has 0 saturated carbocycles. The second kappa shape index (κ2) is 3.79. The molecule has 1 unspecified atom stereocenters. The van der Waals surface area contributed by atoms with Crippen molar-refractivity contribution in [2.45, 2.75) is 13.3 Å².